The molecule has 0 fully saturated rings. The summed E-state index contributed by atoms with van der Waals surface area (Å²) in [7, 11) is 0. The van der Waals surface area contributed by atoms with Gasteiger partial charge >= 0.3 is 0 Å². The first-order chi connectivity index (χ1) is 14.1. The van der Waals surface area contributed by atoms with Crippen LogP contribution in [0.1, 0.15) is 25.0 Å². The average Bonchev–Trinajstić information content (AvgIpc) is 3.21. The van der Waals surface area contributed by atoms with Crippen molar-refractivity contribution in [2.75, 3.05) is 5.32 Å². The van der Waals surface area contributed by atoms with Crippen LogP contribution in [0.5, 0.6) is 0 Å². The van der Waals surface area contributed by atoms with Crippen molar-refractivity contribution in [2.45, 2.75) is 19.3 Å². The molecule has 0 saturated carbocycles. The molecule has 6 rings (SSSR count). The number of hydrogen-bond donors (Lipinski definition) is 1. The highest BCUT2D eigenvalue weighted by Crippen LogP contribution is 2.49. The van der Waals surface area contributed by atoms with E-state index in [9.17, 15) is 0 Å². The summed E-state index contributed by atoms with van der Waals surface area (Å²) in [6.07, 6.45) is 0. The lowest BCUT2D eigenvalue weighted by Gasteiger charge is -2.22. The van der Waals surface area contributed by atoms with Crippen molar-refractivity contribution < 1.29 is 4.42 Å². The van der Waals surface area contributed by atoms with Gasteiger partial charge in [-0.3, -0.25) is 0 Å². The number of nitrogens with one attached hydrogen (secondary N) is 1. The molecule has 0 spiro atoms. The largest absolute Gasteiger partial charge is 0.456 e. The fourth-order valence-corrected chi connectivity index (χ4v) is 4.75. The van der Waals surface area contributed by atoms with Crippen LogP contribution < -0.4 is 5.32 Å². The summed E-state index contributed by atoms with van der Waals surface area (Å²) in [6, 6.07) is 30.0. The smallest absolute Gasteiger partial charge is 0.137 e. The first kappa shape index (κ1) is 16.4. The number of benzene rings is 4. The minimum absolute atomic E-state index is 0.00626. The van der Waals surface area contributed by atoms with E-state index in [0.717, 1.165) is 33.3 Å². The van der Waals surface area contributed by atoms with E-state index in [2.05, 4.69) is 85.9 Å². The normalized spacial score (nSPS) is 14.1. The summed E-state index contributed by atoms with van der Waals surface area (Å²) in [6.45, 7) is 4.61. The van der Waals surface area contributed by atoms with Crippen LogP contribution in [0.2, 0.25) is 0 Å². The zero-order valence-electron chi connectivity index (χ0n) is 16.5. The SMILES string of the molecule is CC1(C)c2ccccc2-c2ccc(Nc3ccc4c(c3)oc3ccccc34)cc21. The van der Waals surface area contributed by atoms with Gasteiger partial charge in [0.25, 0.3) is 0 Å². The monoisotopic (exact) mass is 375 g/mol. The van der Waals surface area contributed by atoms with E-state index in [4.69, 9.17) is 4.42 Å². The fourth-order valence-electron chi connectivity index (χ4n) is 4.75. The molecule has 0 aliphatic heterocycles. The Hall–Kier alpha value is -3.52. The zero-order chi connectivity index (χ0) is 19.6. The zero-order valence-corrected chi connectivity index (χ0v) is 16.5. The number of para-hydroxylation sites is 1. The van der Waals surface area contributed by atoms with Crippen molar-refractivity contribution in [1.29, 1.82) is 0 Å². The molecule has 0 bridgehead atoms. The summed E-state index contributed by atoms with van der Waals surface area (Å²) in [5.41, 5.74) is 9.43. The van der Waals surface area contributed by atoms with E-state index in [-0.39, 0.29) is 5.41 Å². The van der Waals surface area contributed by atoms with Crippen molar-refractivity contribution in [3.05, 3.63) is 96.1 Å². The maximum atomic E-state index is 6.04. The molecule has 0 amide bonds. The Morgan fingerprint density at radius 3 is 2.24 bits per heavy atom. The lowest BCUT2D eigenvalue weighted by Crippen LogP contribution is -2.15. The molecule has 2 nitrogen and oxygen atoms in total. The minimum atomic E-state index is 0.00626. The predicted molar refractivity (Wildman–Crippen MR) is 121 cm³/mol. The lowest BCUT2D eigenvalue weighted by atomic mass is 9.82. The van der Waals surface area contributed by atoms with Gasteiger partial charge in [0, 0.05) is 33.6 Å². The van der Waals surface area contributed by atoms with Crippen molar-refractivity contribution in [3.8, 4) is 11.1 Å². The summed E-state index contributed by atoms with van der Waals surface area (Å²) < 4.78 is 6.04. The Balaban J connectivity index is 1.40. The van der Waals surface area contributed by atoms with Gasteiger partial charge in [-0.2, -0.15) is 0 Å². The van der Waals surface area contributed by atoms with Crippen LogP contribution in [-0.2, 0) is 5.41 Å². The van der Waals surface area contributed by atoms with Gasteiger partial charge in [0.1, 0.15) is 11.2 Å². The number of anilines is 2. The number of hydrogen-bond acceptors (Lipinski definition) is 2. The standard InChI is InChI=1S/C27H21NO/c1-27(2)23-9-5-3-7-19(23)20-13-11-17(15-24(20)27)28-18-12-14-22-21-8-4-6-10-25(21)29-26(22)16-18/h3-16,28H,1-2H3. The fraction of sp³-hybridized carbons (Fsp3) is 0.111. The predicted octanol–water partition coefficient (Wildman–Crippen LogP) is 7.64. The van der Waals surface area contributed by atoms with Crippen LogP contribution in [0.3, 0.4) is 0 Å². The molecule has 4 aromatic carbocycles. The molecule has 29 heavy (non-hydrogen) atoms. The van der Waals surface area contributed by atoms with Gasteiger partial charge in [0.15, 0.2) is 0 Å². The van der Waals surface area contributed by atoms with Crippen molar-refractivity contribution in [3.63, 3.8) is 0 Å². The van der Waals surface area contributed by atoms with Gasteiger partial charge in [-0.25, -0.2) is 0 Å². The van der Waals surface area contributed by atoms with Crippen molar-refractivity contribution in [1.82, 2.24) is 0 Å². The molecule has 0 radical (unpaired) electrons. The molecule has 0 atom stereocenters. The molecular formula is C27H21NO. The van der Waals surface area contributed by atoms with E-state index in [1.807, 2.05) is 18.2 Å². The third-order valence-electron chi connectivity index (χ3n) is 6.25. The first-order valence-electron chi connectivity index (χ1n) is 10.0. The van der Waals surface area contributed by atoms with Crippen molar-refractivity contribution in [2.24, 2.45) is 0 Å². The molecular weight excluding hydrogens is 354 g/mol. The maximum absolute atomic E-state index is 6.04. The third-order valence-corrected chi connectivity index (χ3v) is 6.25. The number of furan rings is 1. The molecule has 1 aromatic heterocycles. The van der Waals surface area contributed by atoms with Gasteiger partial charge in [0.2, 0.25) is 0 Å². The highest BCUT2D eigenvalue weighted by molar-refractivity contribution is 6.05. The number of fused-ring (bicyclic) bond motifs is 6. The highest BCUT2D eigenvalue weighted by Gasteiger charge is 2.35. The second-order valence-corrected chi connectivity index (χ2v) is 8.37. The Morgan fingerprint density at radius 1 is 0.621 bits per heavy atom. The molecule has 2 heteroatoms. The van der Waals surface area contributed by atoms with E-state index >= 15 is 0 Å². The Labute approximate surface area is 169 Å². The van der Waals surface area contributed by atoms with E-state index in [1.165, 1.54) is 22.3 Å². The van der Waals surface area contributed by atoms with Gasteiger partial charge in [-0.15, -0.1) is 0 Å². The minimum Gasteiger partial charge on any atom is -0.456 e. The third kappa shape index (κ3) is 2.35. The molecule has 1 heterocycles. The van der Waals surface area contributed by atoms with E-state index < -0.39 is 0 Å². The number of rotatable bonds is 2. The summed E-state index contributed by atoms with van der Waals surface area (Å²) in [5, 5.41) is 5.88. The molecule has 0 saturated heterocycles. The van der Waals surface area contributed by atoms with Gasteiger partial charge in [-0.05, 0) is 52.6 Å². The average molecular weight is 375 g/mol. The Kier molecular flexibility index (Phi) is 3.25. The van der Waals surface area contributed by atoms with E-state index in [0.29, 0.717) is 0 Å². The van der Waals surface area contributed by atoms with Crippen LogP contribution in [0.4, 0.5) is 11.4 Å². The van der Waals surface area contributed by atoms with Gasteiger partial charge in [-0.1, -0.05) is 62.4 Å². The molecule has 1 aliphatic carbocycles. The van der Waals surface area contributed by atoms with E-state index in [1.54, 1.807) is 0 Å². The lowest BCUT2D eigenvalue weighted by molar-refractivity contribution is 0.660. The Bertz CT molecular complexity index is 1410. The first-order valence-corrected chi connectivity index (χ1v) is 10.0. The topological polar surface area (TPSA) is 25.2 Å². The summed E-state index contributed by atoms with van der Waals surface area (Å²) in [5.74, 6) is 0. The Morgan fingerprint density at radius 2 is 1.31 bits per heavy atom. The summed E-state index contributed by atoms with van der Waals surface area (Å²) >= 11 is 0. The van der Waals surface area contributed by atoms with Crippen LogP contribution in [0.25, 0.3) is 33.1 Å². The second-order valence-electron chi connectivity index (χ2n) is 8.37. The van der Waals surface area contributed by atoms with Gasteiger partial charge in [0.05, 0.1) is 0 Å². The van der Waals surface area contributed by atoms with Crippen LogP contribution in [-0.4, -0.2) is 0 Å². The molecule has 140 valence electrons. The van der Waals surface area contributed by atoms with Gasteiger partial charge < -0.3 is 9.73 Å². The molecule has 0 unspecified atom stereocenters. The molecule has 1 aliphatic rings. The summed E-state index contributed by atoms with van der Waals surface area (Å²) in [4.78, 5) is 0. The van der Waals surface area contributed by atoms with Crippen LogP contribution >= 0.6 is 0 Å². The molecule has 5 aromatic rings. The van der Waals surface area contributed by atoms with Crippen molar-refractivity contribution >= 4 is 33.3 Å². The quantitative estimate of drug-likeness (QED) is 0.343. The second kappa shape index (κ2) is 5.74. The molecule has 1 N–H and O–H groups in total. The maximum Gasteiger partial charge on any atom is 0.137 e. The highest BCUT2D eigenvalue weighted by atomic mass is 16.3. The van der Waals surface area contributed by atoms with Crippen LogP contribution in [0, 0.1) is 0 Å². The van der Waals surface area contributed by atoms with Crippen LogP contribution in [0.15, 0.2) is 89.3 Å².